The Labute approximate surface area is 213 Å². The number of anilines is 1. The van der Waals surface area contributed by atoms with Crippen LogP contribution in [0.2, 0.25) is 0 Å². The highest BCUT2D eigenvalue weighted by Crippen LogP contribution is 2.43. The van der Waals surface area contributed by atoms with Crippen molar-refractivity contribution in [3.05, 3.63) is 88.5 Å². The number of carbonyl (C=O) groups is 2. The number of ketones is 1. The average molecular weight is 498 g/mol. The first-order chi connectivity index (χ1) is 17.7. The summed E-state index contributed by atoms with van der Waals surface area (Å²) in [5.74, 6) is -0.912. The molecule has 4 aromatic rings. The molecule has 1 unspecified atom stereocenters. The number of fused-ring (bicyclic) bond motifs is 1. The van der Waals surface area contributed by atoms with Crippen LogP contribution in [-0.4, -0.2) is 39.0 Å². The molecule has 0 aliphatic carbocycles. The van der Waals surface area contributed by atoms with Crippen molar-refractivity contribution in [1.29, 1.82) is 0 Å². The minimum absolute atomic E-state index is 0.0389. The predicted molar refractivity (Wildman–Crippen MR) is 141 cm³/mol. The number of nitrogens with zero attached hydrogens (tertiary/aromatic N) is 2. The number of aromatic nitrogens is 2. The molecule has 0 radical (unpaired) electrons. The van der Waals surface area contributed by atoms with E-state index in [-0.39, 0.29) is 28.9 Å². The fraction of sp³-hybridized carbons (Fsp3) is 0.207. The fourth-order valence-corrected chi connectivity index (χ4v) is 4.80. The number of phenolic OH excluding ortho intramolecular Hbond substituents is 1. The molecule has 3 aromatic carbocycles. The number of benzene rings is 3. The van der Waals surface area contributed by atoms with Crippen molar-refractivity contribution in [3.8, 4) is 11.5 Å². The van der Waals surface area contributed by atoms with Crippen LogP contribution >= 0.6 is 0 Å². The number of ether oxygens (including phenoxy) is 1. The van der Waals surface area contributed by atoms with E-state index in [1.165, 1.54) is 17.0 Å². The number of hydrogen-bond acceptors (Lipinski definition) is 6. The highest BCUT2D eigenvalue weighted by molar-refractivity contribution is 6.51. The lowest BCUT2D eigenvalue weighted by Crippen LogP contribution is -2.30. The van der Waals surface area contributed by atoms with Crippen molar-refractivity contribution in [3.63, 3.8) is 0 Å². The van der Waals surface area contributed by atoms with Crippen LogP contribution in [0, 0.1) is 6.92 Å². The second-order valence-corrected chi connectivity index (χ2v) is 9.40. The van der Waals surface area contributed by atoms with Gasteiger partial charge in [-0.2, -0.15) is 0 Å². The number of Topliss-reactive ketones (excluding diaryl/α,β-unsaturated/α-hetero) is 1. The molecule has 37 heavy (non-hydrogen) atoms. The zero-order chi connectivity index (χ0) is 26.4. The molecule has 1 aromatic heterocycles. The van der Waals surface area contributed by atoms with E-state index in [0.717, 1.165) is 5.56 Å². The van der Waals surface area contributed by atoms with Crippen LogP contribution in [0.3, 0.4) is 0 Å². The van der Waals surface area contributed by atoms with Crippen LogP contribution in [0.25, 0.3) is 16.8 Å². The van der Waals surface area contributed by atoms with Crippen LogP contribution in [0.5, 0.6) is 11.5 Å². The third-order valence-corrected chi connectivity index (χ3v) is 6.71. The van der Waals surface area contributed by atoms with Crippen molar-refractivity contribution in [2.75, 3.05) is 12.0 Å². The zero-order valence-corrected chi connectivity index (χ0v) is 20.9. The second kappa shape index (κ2) is 9.13. The predicted octanol–water partition coefficient (Wildman–Crippen LogP) is 5.34. The normalized spacial score (nSPS) is 17.2. The molecule has 8 heteroatoms. The first kappa shape index (κ1) is 24.1. The summed E-state index contributed by atoms with van der Waals surface area (Å²) in [5.41, 5.74) is 3.82. The van der Waals surface area contributed by atoms with Gasteiger partial charge in [0.1, 0.15) is 17.3 Å². The Morgan fingerprint density at radius 1 is 1.08 bits per heavy atom. The number of phenols is 1. The Hall–Kier alpha value is -4.59. The number of para-hydroxylation sites is 2. The Morgan fingerprint density at radius 2 is 1.78 bits per heavy atom. The SMILES string of the molecule is COc1cc(C)c(/C(O)=C2\C(=O)C(=O)N(c3nc4ccccc4[nH]3)C2c2ccc(O)cc2)cc1C(C)C. The maximum absolute atomic E-state index is 13.5. The van der Waals surface area contributed by atoms with Crippen LogP contribution in [0.1, 0.15) is 48.1 Å². The smallest absolute Gasteiger partial charge is 0.302 e. The standard InChI is InChI=1S/C29H27N3O5/c1-15(2)19-14-20(16(3)13-23(19)37-4)26(34)24-25(17-9-11-18(33)12-10-17)32(28(36)27(24)35)29-30-21-7-5-6-8-22(21)31-29/h5-15,25,33-34H,1-4H3,(H,30,31)/b26-24+. The molecule has 0 spiro atoms. The fourth-order valence-electron chi connectivity index (χ4n) is 4.80. The first-order valence-corrected chi connectivity index (χ1v) is 11.9. The van der Waals surface area contributed by atoms with E-state index in [1.807, 2.05) is 45.0 Å². The van der Waals surface area contributed by atoms with E-state index in [4.69, 9.17) is 4.74 Å². The van der Waals surface area contributed by atoms with Crippen molar-refractivity contribution in [2.45, 2.75) is 32.7 Å². The summed E-state index contributed by atoms with van der Waals surface area (Å²) in [6.45, 7) is 5.83. The maximum Gasteiger partial charge on any atom is 0.302 e. The average Bonchev–Trinajstić information content (AvgIpc) is 3.42. The molecule has 1 aliphatic rings. The molecule has 1 saturated heterocycles. The van der Waals surface area contributed by atoms with Gasteiger partial charge in [-0.3, -0.25) is 14.5 Å². The maximum atomic E-state index is 13.5. The van der Waals surface area contributed by atoms with Gasteiger partial charge in [0.15, 0.2) is 0 Å². The number of aryl methyl sites for hydroxylation is 1. The number of imidazole rings is 1. The van der Waals surface area contributed by atoms with Gasteiger partial charge in [-0.25, -0.2) is 4.98 Å². The van der Waals surface area contributed by atoms with Gasteiger partial charge in [-0.15, -0.1) is 0 Å². The molecule has 1 aliphatic heterocycles. The molecule has 0 saturated carbocycles. The third kappa shape index (κ3) is 4.00. The zero-order valence-electron chi connectivity index (χ0n) is 20.9. The van der Waals surface area contributed by atoms with E-state index in [2.05, 4.69) is 9.97 Å². The molecule has 2 heterocycles. The summed E-state index contributed by atoms with van der Waals surface area (Å²) < 4.78 is 5.53. The topological polar surface area (TPSA) is 116 Å². The van der Waals surface area contributed by atoms with E-state index in [1.54, 1.807) is 31.4 Å². The van der Waals surface area contributed by atoms with Crippen molar-refractivity contribution >= 4 is 34.4 Å². The lowest BCUT2D eigenvalue weighted by Gasteiger charge is -2.23. The highest BCUT2D eigenvalue weighted by atomic mass is 16.5. The van der Waals surface area contributed by atoms with Gasteiger partial charge in [0, 0.05) is 5.56 Å². The number of methoxy groups -OCH3 is 1. The summed E-state index contributed by atoms with van der Waals surface area (Å²) >= 11 is 0. The van der Waals surface area contributed by atoms with E-state index < -0.39 is 17.7 Å². The van der Waals surface area contributed by atoms with Crippen molar-refractivity contribution in [1.82, 2.24) is 9.97 Å². The van der Waals surface area contributed by atoms with Crippen LogP contribution in [-0.2, 0) is 9.59 Å². The molecule has 5 rings (SSSR count). The number of carbonyl (C=O) groups excluding carboxylic acids is 2. The quantitative estimate of drug-likeness (QED) is 0.195. The van der Waals surface area contributed by atoms with Gasteiger partial charge in [-0.1, -0.05) is 38.1 Å². The Kier molecular flexibility index (Phi) is 5.95. The number of aromatic amines is 1. The molecular formula is C29H27N3O5. The largest absolute Gasteiger partial charge is 0.508 e. The second-order valence-electron chi connectivity index (χ2n) is 9.40. The summed E-state index contributed by atoms with van der Waals surface area (Å²) in [7, 11) is 1.59. The highest BCUT2D eigenvalue weighted by Gasteiger charge is 2.48. The van der Waals surface area contributed by atoms with Crippen LogP contribution in [0.15, 0.2) is 66.2 Å². The van der Waals surface area contributed by atoms with Crippen molar-refractivity contribution < 1.29 is 24.5 Å². The molecule has 188 valence electrons. The molecule has 8 nitrogen and oxygen atoms in total. The molecular weight excluding hydrogens is 470 g/mol. The molecule has 3 N–H and O–H groups in total. The number of H-pyrrole nitrogens is 1. The van der Waals surface area contributed by atoms with Crippen LogP contribution in [0.4, 0.5) is 5.95 Å². The van der Waals surface area contributed by atoms with Gasteiger partial charge in [0.2, 0.25) is 5.95 Å². The third-order valence-electron chi connectivity index (χ3n) is 6.71. The summed E-state index contributed by atoms with van der Waals surface area (Å²) in [5, 5.41) is 21.5. The number of amides is 1. The summed E-state index contributed by atoms with van der Waals surface area (Å²) in [6.07, 6.45) is 0. The van der Waals surface area contributed by atoms with Gasteiger partial charge < -0.3 is 19.9 Å². The van der Waals surface area contributed by atoms with Crippen LogP contribution < -0.4 is 9.64 Å². The Bertz CT molecular complexity index is 1530. The monoisotopic (exact) mass is 497 g/mol. The minimum Gasteiger partial charge on any atom is -0.508 e. The van der Waals surface area contributed by atoms with E-state index in [0.29, 0.717) is 33.5 Å². The lowest BCUT2D eigenvalue weighted by atomic mass is 9.91. The van der Waals surface area contributed by atoms with Crippen molar-refractivity contribution in [2.24, 2.45) is 0 Å². The van der Waals surface area contributed by atoms with Gasteiger partial charge in [0.25, 0.3) is 5.78 Å². The molecule has 1 atom stereocenters. The Morgan fingerprint density at radius 3 is 2.43 bits per heavy atom. The molecule has 1 fully saturated rings. The van der Waals surface area contributed by atoms with E-state index in [9.17, 15) is 19.8 Å². The van der Waals surface area contributed by atoms with E-state index >= 15 is 0 Å². The number of nitrogens with one attached hydrogen (secondary N) is 1. The summed E-state index contributed by atoms with van der Waals surface area (Å²) in [4.78, 5) is 35.9. The lowest BCUT2D eigenvalue weighted by molar-refractivity contribution is -0.132. The van der Waals surface area contributed by atoms with Gasteiger partial charge >= 0.3 is 5.91 Å². The number of rotatable bonds is 5. The van der Waals surface area contributed by atoms with Gasteiger partial charge in [0.05, 0.1) is 29.8 Å². The van der Waals surface area contributed by atoms with Gasteiger partial charge in [-0.05, 0) is 65.9 Å². The molecule has 0 bridgehead atoms. The first-order valence-electron chi connectivity index (χ1n) is 11.9. The minimum atomic E-state index is -0.967. The number of aromatic hydroxyl groups is 1. The number of hydrogen-bond donors (Lipinski definition) is 3. The number of aliphatic hydroxyl groups is 1. The molecule has 1 amide bonds. The number of aliphatic hydroxyl groups excluding tert-OH is 1. The Balaban J connectivity index is 1.75. The summed E-state index contributed by atoms with van der Waals surface area (Å²) in [6, 6.07) is 16.1.